The minimum Gasteiger partial charge on any atom is -0.493 e. The first-order chi connectivity index (χ1) is 12.1. The second-order valence-electron chi connectivity index (χ2n) is 5.85. The Kier molecular flexibility index (Phi) is 3.92. The molecule has 0 aliphatic carbocycles. The molecule has 0 N–H and O–H groups in total. The van der Waals surface area contributed by atoms with Crippen LogP contribution in [0.3, 0.4) is 0 Å². The van der Waals surface area contributed by atoms with Gasteiger partial charge in [-0.25, -0.2) is 8.78 Å². The zero-order chi connectivity index (χ0) is 17.6. The van der Waals surface area contributed by atoms with E-state index in [1.54, 1.807) is 17.7 Å². The van der Waals surface area contributed by atoms with Crippen molar-refractivity contribution in [3.63, 3.8) is 0 Å². The summed E-state index contributed by atoms with van der Waals surface area (Å²) in [6.07, 6.45) is 1.66. The van der Waals surface area contributed by atoms with E-state index in [2.05, 4.69) is 10.2 Å². The molecule has 1 aromatic heterocycles. The monoisotopic (exact) mass is 361 g/mol. The Balaban J connectivity index is 1.92. The van der Waals surface area contributed by atoms with Gasteiger partial charge >= 0.3 is 0 Å². The summed E-state index contributed by atoms with van der Waals surface area (Å²) < 4.78 is 35.5. The summed E-state index contributed by atoms with van der Waals surface area (Å²) in [5.41, 5.74) is 1.42. The third-order valence-corrected chi connectivity index (χ3v) is 4.65. The average molecular weight is 362 g/mol. The topological polar surface area (TPSA) is 39.9 Å². The van der Waals surface area contributed by atoms with E-state index in [0.29, 0.717) is 23.0 Å². The summed E-state index contributed by atoms with van der Waals surface area (Å²) in [6, 6.07) is 7.26. The van der Waals surface area contributed by atoms with Gasteiger partial charge in [0.2, 0.25) is 0 Å². The van der Waals surface area contributed by atoms with Crippen LogP contribution in [0.2, 0.25) is 5.02 Å². The van der Waals surface area contributed by atoms with E-state index < -0.39 is 11.6 Å². The summed E-state index contributed by atoms with van der Waals surface area (Å²) in [4.78, 5) is 0. The largest absolute Gasteiger partial charge is 0.493 e. The van der Waals surface area contributed by atoms with Crippen LogP contribution < -0.4 is 4.74 Å². The van der Waals surface area contributed by atoms with Gasteiger partial charge in [0, 0.05) is 18.2 Å². The quantitative estimate of drug-likeness (QED) is 0.679. The average Bonchev–Trinajstić information content (AvgIpc) is 2.96. The first kappa shape index (κ1) is 16.0. The number of nitrogens with zero attached hydrogens (tertiary/aromatic N) is 3. The molecule has 2 aromatic carbocycles. The standard InChI is InChI=1S/C18H14ClF2N3O/c1-24-17(15-10-4-3-9-25-14(10)8-7-11(15)19)22-23-18(24)16-12(20)5-2-6-13(16)21/h2,5-8H,3-4,9H2,1H3. The summed E-state index contributed by atoms with van der Waals surface area (Å²) in [5.74, 6) is -0.0635. The molecule has 1 aliphatic heterocycles. The maximum absolute atomic E-state index is 14.1. The minimum atomic E-state index is -0.688. The number of fused-ring (bicyclic) bond motifs is 1. The van der Waals surface area contributed by atoms with Crippen molar-refractivity contribution in [2.45, 2.75) is 12.8 Å². The fourth-order valence-corrected chi connectivity index (χ4v) is 3.39. The van der Waals surface area contributed by atoms with Gasteiger partial charge in [0.1, 0.15) is 17.4 Å². The molecule has 0 fully saturated rings. The van der Waals surface area contributed by atoms with E-state index in [-0.39, 0.29) is 11.4 Å². The lowest BCUT2D eigenvalue weighted by Crippen LogP contribution is -2.10. The van der Waals surface area contributed by atoms with Crippen LogP contribution >= 0.6 is 11.6 Å². The normalized spacial score (nSPS) is 13.4. The van der Waals surface area contributed by atoms with E-state index >= 15 is 0 Å². The van der Waals surface area contributed by atoms with E-state index in [4.69, 9.17) is 16.3 Å². The third-order valence-electron chi connectivity index (χ3n) is 4.33. The van der Waals surface area contributed by atoms with Crippen LogP contribution in [0, 0.1) is 11.6 Å². The van der Waals surface area contributed by atoms with Gasteiger partial charge < -0.3 is 9.30 Å². The molecule has 1 aliphatic rings. The molecule has 2 heterocycles. The first-order valence-corrected chi connectivity index (χ1v) is 8.24. The molecule has 25 heavy (non-hydrogen) atoms. The fourth-order valence-electron chi connectivity index (χ4n) is 3.13. The zero-order valence-corrected chi connectivity index (χ0v) is 14.1. The molecule has 0 radical (unpaired) electrons. The maximum Gasteiger partial charge on any atom is 0.169 e. The number of hydrogen-bond donors (Lipinski definition) is 0. The van der Waals surface area contributed by atoms with Gasteiger partial charge in [-0.05, 0) is 37.1 Å². The van der Waals surface area contributed by atoms with Gasteiger partial charge in [-0.15, -0.1) is 10.2 Å². The molecular weight excluding hydrogens is 348 g/mol. The summed E-state index contributed by atoms with van der Waals surface area (Å²) >= 11 is 6.40. The van der Waals surface area contributed by atoms with Crippen LogP contribution in [0.5, 0.6) is 5.75 Å². The molecule has 7 heteroatoms. The summed E-state index contributed by atoms with van der Waals surface area (Å²) in [5, 5.41) is 8.66. The smallest absolute Gasteiger partial charge is 0.169 e. The molecule has 0 atom stereocenters. The lowest BCUT2D eigenvalue weighted by molar-refractivity contribution is 0.288. The predicted molar refractivity (Wildman–Crippen MR) is 90.6 cm³/mol. The van der Waals surface area contributed by atoms with Gasteiger partial charge in [-0.1, -0.05) is 17.7 Å². The lowest BCUT2D eigenvalue weighted by Gasteiger charge is -2.20. The van der Waals surface area contributed by atoms with Crippen molar-refractivity contribution in [1.82, 2.24) is 14.8 Å². The molecule has 128 valence electrons. The van der Waals surface area contributed by atoms with Crippen LogP contribution in [0.15, 0.2) is 30.3 Å². The lowest BCUT2D eigenvalue weighted by atomic mass is 9.99. The Labute approximate surface area is 148 Å². The van der Waals surface area contributed by atoms with E-state index in [9.17, 15) is 8.78 Å². The van der Waals surface area contributed by atoms with Gasteiger partial charge in [0.25, 0.3) is 0 Å². The second-order valence-corrected chi connectivity index (χ2v) is 6.26. The van der Waals surface area contributed by atoms with Crippen LogP contribution in [-0.2, 0) is 13.5 Å². The number of halogens is 3. The van der Waals surface area contributed by atoms with Crippen LogP contribution in [0.4, 0.5) is 8.78 Å². The Morgan fingerprint density at radius 3 is 2.44 bits per heavy atom. The molecule has 4 nitrogen and oxygen atoms in total. The second kappa shape index (κ2) is 6.11. The van der Waals surface area contributed by atoms with E-state index in [1.807, 2.05) is 6.07 Å². The fraction of sp³-hybridized carbons (Fsp3) is 0.222. The van der Waals surface area contributed by atoms with Gasteiger partial charge in [0.15, 0.2) is 11.6 Å². The van der Waals surface area contributed by atoms with E-state index in [1.165, 1.54) is 18.2 Å². The Morgan fingerprint density at radius 1 is 1.04 bits per heavy atom. The van der Waals surface area contributed by atoms with Crippen molar-refractivity contribution >= 4 is 11.6 Å². The Hall–Kier alpha value is -2.47. The first-order valence-electron chi connectivity index (χ1n) is 7.86. The molecular formula is C18H14ClF2N3O. The molecule has 0 spiro atoms. The number of hydrogen-bond acceptors (Lipinski definition) is 3. The van der Waals surface area contributed by atoms with Crippen molar-refractivity contribution in [2.24, 2.45) is 7.05 Å². The number of aromatic nitrogens is 3. The molecule has 4 rings (SSSR count). The Bertz CT molecular complexity index is 951. The van der Waals surface area contributed by atoms with Gasteiger partial charge in [0.05, 0.1) is 17.2 Å². The maximum atomic E-state index is 14.1. The Morgan fingerprint density at radius 2 is 1.72 bits per heavy atom. The van der Waals surface area contributed by atoms with Crippen LogP contribution in [-0.4, -0.2) is 21.4 Å². The molecule has 0 saturated heterocycles. The summed E-state index contributed by atoms with van der Waals surface area (Å²) in [7, 11) is 1.66. The molecule has 0 unspecified atom stereocenters. The van der Waals surface area contributed by atoms with Crippen molar-refractivity contribution in [2.75, 3.05) is 6.61 Å². The van der Waals surface area contributed by atoms with E-state index in [0.717, 1.165) is 24.2 Å². The highest BCUT2D eigenvalue weighted by Gasteiger charge is 2.24. The van der Waals surface area contributed by atoms with Gasteiger partial charge in [-0.3, -0.25) is 0 Å². The van der Waals surface area contributed by atoms with Crippen molar-refractivity contribution in [3.05, 3.63) is 52.6 Å². The highest BCUT2D eigenvalue weighted by Crippen LogP contribution is 2.39. The van der Waals surface area contributed by atoms with Crippen LogP contribution in [0.25, 0.3) is 22.8 Å². The molecule has 0 bridgehead atoms. The zero-order valence-electron chi connectivity index (χ0n) is 13.4. The van der Waals surface area contributed by atoms with Crippen molar-refractivity contribution in [3.8, 4) is 28.5 Å². The van der Waals surface area contributed by atoms with Gasteiger partial charge in [-0.2, -0.15) is 0 Å². The molecule has 0 amide bonds. The number of ether oxygens (including phenoxy) is 1. The predicted octanol–water partition coefficient (Wildman–Crippen LogP) is 4.41. The highest BCUT2D eigenvalue weighted by atomic mass is 35.5. The van der Waals surface area contributed by atoms with Crippen LogP contribution in [0.1, 0.15) is 12.0 Å². The molecule has 0 saturated carbocycles. The van der Waals surface area contributed by atoms with Crippen molar-refractivity contribution < 1.29 is 13.5 Å². The number of rotatable bonds is 2. The third kappa shape index (κ3) is 2.57. The SMILES string of the molecule is Cn1c(-c2c(F)cccc2F)nnc1-c1c(Cl)ccc2c1CCCO2. The molecule has 3 aromatic rings. The highest BCUT2D eigenvalue weighted by molar-refractivity contribution is 6.33. The number of benzene rings is 2. The summed E-state index contributed by atoms with van der Waals surface area (Å²) in [6.45, 7) is 0.651. The minimum absolute atomic E-state index is 0.107. The van der Waals surface area contributed by atoms with Crippen molar-refractivity contribution in [1.29, 1.82) is 0 Å².